The molecule has 1 saturated heterocycles. The molecule has 4 atom stereocenters. The molecule has 1 radical (unpaired) electrons. The Labute approximate surface area is 180 Å². The van der Waals surface area contributed by atoms with Gasteiger partial charge in [-0.1, -0.05) is 82.9 Å². The monoisotopic (exact) mass is 423 g/mol. The van der Waals surface area contributed by atoms with Crippen molar-refractivity contribution in [3.8, 4) is 5.75 Å². The minimum Gasteiger partial charge on any atom is -0.493 e. The van der Waals surface area contributed by atoms with E-state index in [1.165, 1.54) is 51.4 Å². The fourth-order valence-corrected chi connectivity index (χ4v) is 3.80. The Morgan fingerprint density at radius 2 is 1.43 bits per heavy atom. The molecule has 6 heteroatoms. The Morgan fingerprint density at radius 3 is 2.07 bits per heavy atom. The third-order valence-electron chi connectivity index (χ3n) is 5.69. The molecule has 0 unspecified atom stereocenters. The molecule has 1 heterocycles. The zero-order chi connectivity index (χ0) is 21.8. The van der Waals surface area contributed by atoms with E-state index in [4.69, 9.17) is 9.47 Å². The van der Waals surface area contributed by atoms with Crippen LogP contribution in [0.25, 0.3) is 0 Å². The Kier molecular flexibility index (Phi) is 11.7. The van der Waals surface area contributed by atoms with Crippen LogP contribution < -0.4 is 4.74 Å². The molecule has 0 saturated carbocycles. The Balaban J connectivity index is 1.75. The van der Waals surface area contributed by atoms with Crippen LogP contribution in [0.4, 0.5) is 0 Å². The molecular weight excluding hydrogens is 384 g/mol. The zero-order valence-corrected chi connectivity index (χ0v) is 18.2. The van der Waals surface area contributed by atoms with Crippen LogP contribution in [0, 0.1) is 6.10 Å². The molecule has 1 aromatic carbocycles. The molecule has 30 heavy (non-hydrogen) atoms. The first-order valence-electron chi connectivity index (χ1n) is 11.5. The summed E-state index contributed by atoms with van der Waals surface area (Å²) in [5.74, 6) is 0.558. The van der Waals surface area contributed by atoms with Crippen molar-refractivity contribution >= 4 is 0 Å². The highest BCUT2D eigenvalue weighted by Crippen LogP contribution is 2.36. The molecule has 0 spiro atoms. The van der Waals surface area contributed by atoms with E-state index in [0.717, 1.165) is 12.8 Å². The molecular formula is C24H39O6. The van der Waals surface area contributed by atoms with E-state index >= 15 is 0 Å². The smallest absolute Gasteiger partial charge is 0.161 e. The highest BCUT2D eigenvalue weighted by molar-refractivity contribution is 5.43. The van der Waals surface area contributed by atoms with Gasteiger partial charge in [-0.15, -0.1) is 0 Å². The van der Waals surface area contributed by atoms with Gasteiger partial charge in [0.25, 0.3) is 0 Å². The van der Waals surface area contributed by atoms with E-state index in [9.17, 15) is 20.4 Å². The highest BCUT2D eigenvalue weighted by Gasteiger charge is 2.45. The number of ether oxygens (including phenoxy) is 2. The first-order chi connectivity index (χ1) is 14.6. The fourth-order valence-electron chi connectivity index (χ4n) is 3.80. The van der Waals surface area contributed by atoms with Crippen molar-refractivity contribution in [3.63, 3.8) is 0 Å². The number of rotatable bonds is 14. The van der Waals surface area contributed by atoms with Gasteiger partial charge in [0.1, 0.15) is 30.2 Å². The maximum Gasteiger partial charge on any atom is 0.161 e. The van der Waals surface area contributed by atoms with Gasteiger partial charge in [-0.25, -0.2) is 0 Å². The molecule has 171 valence electrons. The van der Waals surface area contributed by atoms with Crippen molar-refractivity contribution in [1.29, 1.82) is 0 Å². The van der Waals surface area contributed by atoms with Crippen LogP contribution in [0.1, 0.15) is 76.7 Å². The van der Waals surface area contributed by atoms with Crippen molar-refractivity contribution in [2.45, 2.75) is 95.5 Å². The first kappa shape index (κ1) is 25.1. The summed E-state index contributed by atoms with van der Waals surface area (Å²) < 4.78 is 11.5. The maximum atomic E-state index is 10.3. The third kappa shape index (κ3) is 7.50. The largest absolute Gasteiger partial charge is 0.493 e. The lowest BCUT2D eigenvalue weighted by atomic mass is 9.91. The van der Waals surface area contributed by atoms with Gasteiger partial charge in [-0.3, -0.25) is 0 Å². The summed E-state index contributed by atoms with van der Waals surface area (Å²) in [6, 6.07) is 7.16. The molecule has 0 amide bonds. The Bertz CT molecular complexity index is 579. The summed E-state index contributed by atoms with van der Waals surface area (Å²) in [6.07, 6.45) is 7.48. The van der Waals surface area contributed by atoms with Crippen LogP contribution in [0.3, 0.4) is 0 Å². The molecule has 4 N–H and O–H groups in total. The summed E-state index contributed by atoms with van der Waals surface area (Å²) >= 11 is 0. The van der Waals surface area contributed by atoms with Gasteiger partial charge in [0, 0.05) is 5.56 Å². The number of unbranched alkanes of at least 4 members (excludes halogenated alkanes) is 9. The number of aliphatic hydroxyl groups excluding tert-OH is 4. The van der Waals surface area contributed by atoms with Crippen LogP contribution >= 0.6 is 0 Å². The summed E-state index contributed by atoms with van der Waals surface area (Å²) in [5.41, 5.74) is 0.529. The van der Waals surface area contributed by atoms with Crippen molar-refractivity contribution in [2.24, 2.45) is 0 Å². The molecule has 1 fully saturated rings. The average Bonchev–Trinajstić information content (AvgIpc) is 2.76. The molecule has 1 aliphatic rings. The van der Waals surface area contributed by atoms with Crippen LogP contribution in [0.5, 0.6) is 5.75 Å². The van der Waals surface area contributed by atoms with E-state index in [1.807, 2.05) is 6.07 Å². The van der Waals surface area contributed by atoms with Crippen molar-refractivity contribution in [3.05, 3.63) is 35.9 Å². The SMILES string of the molecule is CCCCCCCCCCCCOc1ccccc1[C]1O[C@H](CO)[C@@H](O)[C@H](O)[C@@H]1O. The summed E-state index contributed by atoms with van der Waals surface area (Å²) in [6.45, 7) is 2.34. The molecule has 0 aliphatic carbocycles. The van der Waals surface area contributed by atoms with Gasteiger partial charge < -0.3 is 29.9 Å². The maximum absolute atomic E-state index is 10.3. The van der Waals surface area contributed by atoms with Crippen LogP contribution in [-0.2, 0) is 4.74 Å². The van der Waals surface area contributed by atoms with E-state index in [0.29, 0.717) is 17.9 Å². The van der Waals surface area contributed by atoms with Crippen LogP contribution in [0.2, 0.25) is 0 Å². The van der Waals surface area contributed by atoms with Gasteiger partial charge in [0.2, 0.25) is 0 Å². The normalized spacial score (nSPS) is 24.8. The number of hydrogen-bond donors (Lipinski definition) is 4. The van der Waals surface area contributed by atoms with E-state index in [-0.39, 0.29) is 6.10 Å². The number of hydrogen-bond acceptors (Lipinski definition) is 6. The van der Waals surface area contributed by atoms with Gasteiger partial charge in [0.05, 0.1) is 13.2 Å². The topological polar surface area (TPSA) is 99.4 Å². The minimum atomic E-state index is -1.43. The predicted molar refractivity (Wildman–Crippen MR) is 116 cm³/mol. The lowest BCUT2D eigenvalue weighted by Gasteiger charge is -2.39. The second-order valence-corrected chi connectivity index (χ2v) is 8.16. The lowest BCUT2D eigenvalue weighted by molar-refractivity contribution is -0.184. The highest BCUT2D eigenvalue weighted by atomic mass is 16.5. The molecule has 6 nitrogen and oxygen atoms in total. The summed E-state index contributed by atoms with van der Waals surface area (Å²) in [5, 5.41) is 39.8. The number of para-hydroxylation sites is 1. The minimum absolute atomic E-state index is 0.116. The summed E-state index contributed by atoms with van der Waals surface area (Å²) in [7, 11) is 0. The summed E-state index contributed by atoms with van der Waals surface area (Å²) in [4.78, 5) is 0. The van der Waals surface area contributed by atoms with Gasteiger partial charge in [0.15, 0.2) is 6.10 Å². The van der Waals surface area contributed by atoms with Crippen LogP contribution in [-0.4, -0.2) is 58.1 Å². The zero-order valence-electron chi connectivity index (χ0n) is 18.2. The quantitative estimate of drug-likeness (QED) is 0.343. The molecule has 1 aliphatic heterocycles. The van der Waals surface area contributed by atoms with E-state index in [2.05, 4.69) is 6.92 Å². The number of aliphatic hydroxyl groups is 4. The third-order valence-corrected chi connectivity index (χ3v) is 5.69. The second-order valence-electron chi connectivity index (χ2n) is 8.16. The predicted octanol–water partition coefficient (Wildman–Crippen LogP) is 3.34. The molecule has 2 rings (SSSR count). The van der Waals surface area contributed by atoms with Crippen molar-refractivity contribution < 1.29 is 29.9 Å². The van der Waals surface area contributed by atoms with E-state index < -0.39 is 31.0 Å². The number of benzene rings is 1. The average molecular weight is 424 g/mol. The Morgan fingerprint density at radius 1 is 0.833 bits per heavy atom. The molecule has 0 bridgehead atoms. The first-order valence-corrected chi connectivity index (χ1v) is 11.5. The van der Waals surface area contributed by atoms with Gasteiger partial charge in [-0.05, 0) is 12.5 Å². The van der Waals surface area contributed by atoms with Gasteiger partial charge in [-0.2, -0.15) is 0 Å². The fraction of sp³-hybridized carbons (Fsp3) is 0.708. The lowest BCUT2D eigenvalue weighted by Crippen LogP contribution is -2.55. The second kappa shape index (κ2) is 14.0. The Hall–Kier alpha value is -1.18. The van der Waals surface area contributed by atoms with Crippen molar-refractivity contribution in [1.82, 2.24) is 0 Å². The van der Waals surface area contributed by atoms with Crippen molar-refractivity contribution in [2.75, 3.05) is 13.2 Å². The van der Waals surface area contributed by atoms with E-state index in [1.54, 1.807) is 18.2 Å². The van der Waals surface area contributed by atoms with Gasteiger partial charge >= 0.3 is 0 Å². The molecule has 1 aromatic rings. The van der Waals surface area contributed by atoms with Crippen LogP contribution in [0.15, 0.2) is 24.3 Å². The standard InChI is InChI=1S/C24H39O6/c1-2-3-4-5-6-7-8-9-10-13-16-29-19-15-12-11-14-18(19)24-23(28)22(27)21(26)20(17-25)30-24/h11-12,14-15,20-23,25-28H,2-10,13,16-17H2,1H3/t20-,21-,22+,23+/m1/s1. The molecule has 0 aromatic heterocycles.